The van der Waals surface area contributed by atoms with Crippen LogP contribution in [0.15, 0.2) is 97.3 Å². The van der Waals surface area contributed by atoms with Crippen LogP contribution in [0.1, 0.15) is 0 Å². The van der Waals surface area contributed by atoms with Crippen molar-refractivity contribution in [3.8, 4) is 45.4 Å². The van der Waals surface area contributed by atoms with Gasteiger partial charge in [-0.25, -0.2) is 0 Å². The number of rotatable bonds is 6. The van der Waals surface area contributed by atoms with Gasteiger partial charge in [0.1, 0.15) is 22.9 Å². The summed E-state index contributed by atoms with van der Waals surface area (Å²) in [5, 5.41) is 20.7. The van der Waals surface area contributed by atoms with E-state index in [1.165, 1.54) is 0 Å². The Hall–Kier alpha value is -4.98. The van der Waals surface area contributed by atoms with Gasteiger partial charge in [0.2, 0.25) is 0 Å². The Labute approximate surface area is 207 Å². The van der Waals surface area contributed by atoms with Gasteiger partial charge >= 0.3 is 0 Å². The highest BCUT2D eigenvalue weighted by molar-refractivity contribution is 5.96. The molecule has 0 spiro atoms. The fourth-order valence-electron chi connectivity index (χ4n) is 4.18. The zero-order valence-electron chi connectivity index (χ0n) is 19.7. The third-order valence-electron chi connectivity index (χ3n) is 6.05. The van der Waals surface area contributed by atoms with Crippen molar-refractivity contribution in [3.05, 3.63) is 97.3 Å². The highest BCUT2D eigenvalue weighted by Gasteiger charge is 2.15. The second kappa shape index (κ2) is 8.99. The van der Waals surface area contributed by atoms with E-state index in [9.17, 15) is 0 Å². The zero-order chi connectivity index (χ0) is 24.5. The molecule has 6 rings (SSSR count). The molecule has 36 heavy (non-hydrogen) atoms. The molecular weight excluding hydrogens is 452 g/mol. The van der Waals surface area contributed by atoms with Crippen LogP contribution in [0.5, 0.6) is 11.5 Å². The average molecular weight is 475 g/mol. The Morgan fingerprint density at radius 3 is 1.42 bits per heavy atom. The minimum atomic E-state index is 0.770. The number of fused-ring (bicyclic) bond motifs is 1. The third kappa shape index (κ3) is 3.84. The van der Waals surface area contributed by atoms with Crippen LogP contribution in [-0.2, 0) is 0 Å². The van der Waals surface area contributed by atoms with E-state index in [1.54, 1.807) is 36.2 Å². The molecule has 0 saturated heterocycles. The maximum absolute atomic E-state index is 5.26. The highest BCUT2D eigenvalue weighted by atomic mass is 16.5. The quantitative estimate of drug-likeness (QED) is 0.324. The van der Waals surface area contributed by atoms with E-state index >= 15 is 0 Å². The van der Waals surface area contributed by atoms with Crippen LogP contribution < -0.4 is 9.47 Å². The molecule has 2 aromatic heterocycles. The Bertz CT molecular complexity index is 1530. The summed E-state index contributed by atoms with van der Waals surface area (Å²) in [4.78, 5) is 3.30. The van der Waals surface area contributed by atoms with Crippen LogP contribution in [0.2, 0.25) is 0 Å². The van der Waals surface area contributed by atoms with Crippen molar-refractivity contribution >= 4 is 10.8 Å². The smallest absolute Gasteiger partial charge is 0.118 e. The summed E-state index contributed by atoms with van der Waals surface area (Å²) in [6.45, 7) is 0. The Balaban J connectivity index is 1.42. The number of ether oxygens (including phenoxy) is 2. The molecule has 0 atom stereocenters. The van der Waals surface area contributed by atoms with Crippen LogP contribution in [0.3, 0.4) is 0 Å². The largest absolute Gasteiger partial charge is 0.497 e. The first-order valence-electron chi connectivity index (χ1n) is 11.4. The van der Waals surface area contributed by atoms with Gasteiger partial charge in [0.15, 0.2) is 0 Å². The first kappa shape index (κ1) is 21.5. The Morgan fingerprint density at radius 1 is 0.556 bits per heavy atom. The van der Waals surface area contributed by atoms with Crippen molar-refractivity contribution in [1.82, 2.24) is 30.0 Å². The second-order valence-corrected chi connectivity index (χ2v) is 8.15. The summed E-state index contributed by atoms with van der Waals surface area (Å²) in [5.41, 5.74) is 5.13. The van der Waals surface area contributed by atoms with Crippen molar-refractivity contribution in [1.29, 1.82) is 0 Å². The molecule has 6 aromatic rings. The van der Waals surface area contributed by atoms with E-state index in [0.717, 1.165) is 56.2 Å². The summed E-state index contributed by atoms with van der Waals surface area (Å²) in [5.74, 6) is 1.59. The first-order valence-corrected chi connectivity index (χ1v) is 11.4. The van der Waals surface area contributed by atoms with Crippen molar-refractivity contribution in [3.63, 3.8) is 0 Å². The van der Waals surface area contributed by atoms with Gasteiger partial charge in [-0.2, -0.15) is 19.8 Å². The van der Waals surface area contributed by atoms with Crippen molar-refractivity contribution in [2.45, 2.75) is 0 Å². The third-order valence-corrected chi connectivity index (χ3v) is 6.05. The lowest BCUT2D eigenvalue weighted by atomic mass is 10.1. The molecule has 0 aliphatic rings. The SMILES string of the molecule is COc1ccc(-c2cnn(-c3cccc4cccc(-n5ncc(-c6ccc(OC)cc6)n5)c34)n2)cc1. The fourth-order valence-corrected chi connectivity index (χ4v) is 4.18. The maximum Gasteiger partial charge on any atom is 0.118 e. The van der Waals surface area contributed by atoms with Gasteiger partial charge in [-0.3, -0.25) is 0 Å². The van der Waals surface area contributed by atoms with E-state index in [0.29, 0.717) is 0 Å². The van der Waals surface area contributed by atoms with Crippen molar-refractivity contribution in [2.75, 3.05) is 14.2 Å². The van der Waals surface area contributed by atoms with Gasteiger partial charge in [-0.15, -0.1) is 10.2 Å². The summed E-state index contributed by atoms with van der Waals surface area (Å²) in [6.07, 6.45) is 3.52. The molecule has 0 unspecified atom stereocenters. The molecule has 0 bridgehead atoms. The number of hydrogen-bond donors (Lipinski definition) is 0. The van der Waals surface area contributed by atoms with Gasteiger partial charge in [0.05, 0.1) is 38.0 Å². The molecule has 0 aliphatic heterocycles. The number of methoxy groups -OCH3 is 2. The Morgan fingerprint density at radius 2 is 1.00 bits per heavy atom. The molecule has 0 N–H and O–H groups in total. The summed E-state index contributed by atoms with van der Waals surface area (Å²) in [6, 6.07) is 27.6. The minimum absolute atomic E-state index is 0.770. The molecule has 0 saturated carbocycles. The van der Waals surface area contributed by atoms with Gasteiger partial charge in [-0.1, -0.05) is 24.3 Å². The van der Waals surface area contributed by atoms with Crippen LogP contribution in [-0.4, -0.2) is 44.2 Å². The van der Waals surface area contributed by atoms with Crippen molar-refractivity contribution < 1.29 is 9.47 Å². The summed E-state index contributed by atoms with van der Waals surface area (Å²) >= 11 is 0. The maximum atomic E-state index is 5.26. The second-order valence-electron chi connectivity index (χ2n) is 8.15. The summed E-state index contributed by atoms with van der Waals surface area (Å²) < 4.78 is 10.5. The lowest BCUT2D eigenvalue weighted by Gasteiger charge is -2.10. The van der Waals surface area contributed by atoms with E-state index in [1.807, 2.05) is 72.8 Å². The number of benzene rings is 4. The number of nitrogens with zero attached hydrogens (tertiary/aromatic N) is 6. The number of aromatic nitrogens is 6. The first-order chi connectivity index (χ1) is 17.7. The molecule has 8 heteroatoms. The van der Waals surface area contributed by atoms with Crippen molar-refractivity contribution in [2.24, 2.45) is 0 Å². The predicted molar refractivity (Wildman–Crippen MR) is 138 cm³/mol. The van der Waals surface area contributed by atoms with Gasteiger partial charge in [-0.05, 0) is 66.0 Å². The monoisotopic (exact) mass is 474 g/mol. The van der Waals surface area contributed by atoms with E-state index in [2.05, 4.69) is 22.3 Å². The normalized spacial score (nSPS) is 11.1. The Kier molecular flexibility index (Phi) is 5.38. The van der Waals surface area contributed by atoms with E-state index in [-0.39, 0.29) is 0 Å². The molecule has 0 aliphatic carbocycles. The molecule has 0 radical (unpaired) electrons. The van der Waals surface area contributed by atoms with Gasteiger partial charge < -0.3 is 9.47 Å². The topological polar surface area (TPSA) is 79.9 Å². The van der Waals surface area contributed by atoms with E-state index in [4.69, 9.17) is 19.7 Å². The molecule has 8 nitrogen and oxygen atoms in total. The molecule has 0 fully saturated rings. The molecule has 176 valence electrons. The van der Waals surface area contributed by atoms with Gasteiger partial charge in [0, 0.05) is 16.5 Å². The molecule has 4 aromatic carbocycles. The van der Waals surface area contributed by atoms with E-state index < -0.39 is 0 Å². The predicted octanol–water partition coefficient (Wildman–Crippen LogP) is 5.35. The average Bonchev–Trinajstić information content (AvgIpc) is 3.63. The fraction of sp³-hybridized carbons (Fsp3) is 0.0714. The molecule has 2 heterocycles. The minimum Gasteiger partial charge on any atom is -0.497 e. The van der Waals surface area contributed by atoms with Crippen LogP contribution in [0.4, 0.5) is 0 Å². The van der Waals surface area contributed by atoms with Crippen LogP contribution in [0.25, 0.3) is 44.7 Å². The zero-order valence-corrected chi connectivity index (χ0v) is 19.7. The lowest BCUT2D eigenvalue weighted by molar-refractivity contribution is 0.415. The lowest BCUT2D eigenvalue weighted by Crippen LogP contribution is -2.05. The van der Waals surface area contributed by atoms with Gasteiger partial charge in [0.25, 0.3) is 0 Å². The van der Waals surface area contributed by atoms with Crippen LogP contribution >= 0.6 is 0 Å². The summed E-state index contributed by atoms with van der Waals surface area (Å²) in [7, 11) is 3.30. The highest BCUT2D eigenvalue weighted by Crippen LogP contribution is 2.29. The number of hydrogen-bond acceptors (Lipinski definition) is 6. The standard InChI is InChI=1S/C28H22N6O2/c1-35-22-13-9-19(10-14-22)24-17-29-33(31-24)26-7-3-5-21-6-4-8-27(28(21)26)34-30-18-25(32-34)20-11-15-23(36-2)16-12-20/h3-18H,1-2H3. The van der Waals surface area contributed by atoms with Crippen LogP contribution in [0, 0.1) is 0 Å². The molecular formula is C28H22N6O2. The molecule has 0 amide bonds.